The molecule has 0 radical (unpaired) electrons. The van der Waals surface area contributed by atoms with Gasteiger partial charge in [-0.25, -0.2) is 0 Å². The molecule has 0 aliphatic heterocycles. The minimum atomic E-state index is 0.126. The lowest BCUT2D eigenvalue weighted by Gasteiger charge is -2.61. The Morgan fingerprint density at radius 2 is 1.70 bits per heavy atom. The molecule has 0 aromatic carbocycles. The second-order valence-electron chi connectivity index (χ2n) is 9.38. The van der Waals surface area contributed by atoms with E-state index in [0.29, 0.717) is 17.1 Å². The molecule has 1 heteroatoms. The molecule has 5 fully saturated rings. The van der Waals surface area contributed by atoms with E-state index in [1.807, 2.05) is 0 Å². The Morgan fingerprint density at radius 3 is 2.30 bits per heavy atom. The van der Waals surface area contributed by atoms with Crippen LogP contribution in [0.5, 0.6) is 0 Å². The van der Waals surface area contributed by atoms with Crippen molar-refractivity contribution in [1.29, 1.82) is 0 Å². The van der Waals surface area contributed by atoms with Crippen molar-refractivity contribution in [2.75, 3.05) is 0 Å². The zero-order valence-electron chi connectivity index (χ0n) is 13.3. The molecule has 0 heterocycles. The van der Waals surface area contributed by atoms with Gasteiger partial charge in [0, 0.05) is 11.3 Å². The van der Waals surface area contributed by atoms with Gasteiger partial charge in [0.15, 0.2) is 0 Å². The molecule has 0 aromatic heterocycles. The quantitative estimate of drug-likeness (QED) is 0.693. The van der Waals surface area contributed by atoms with E-state index >= 15 is 0 Å². The Bertz CT molecular complexity index is 409. The van der Waals surface area contributed by atoms with Crippen LogP contribution < -0.4 is 0 Å². The molecular weight excluding hydrogens is 244 g/mol. The molecule has 20 heavy (non-hydrogen) atoms. The van der Waals surface area contributed by atoms with Crippen LogP contribution in [0, 0.1) is 34.5 Å². The topological polar surface area (TPSA) is 17.1 Å². The van der Waals surface area contributed by atoms with Gasteiger partial charge in [-0.1, -0.05) is 26.7 Å². The average Bonchev–Trinajstić information content (AvgIpc) is 2.35. The van der Waals surface area contributed by atoms with Crippen LogP contribution in [0.3, 0.4) is 0 Å². The van der Waals surface area contributed by atoms with Crippen molar-refractivity contribution in [3.63, 3.8) is 0 Å². The van der Waals surface area contributed by atoms with Crippen molar-refractivity contribution >= 4 is 5.78 Å². The van der Waals surface area contributed by atoms with Crippen molar-refractivity contribution in [1.82, 2.24) is 0 Å². The highest BCUT2D eigenvalue weighted by molar-refractivity contribution is 5.87. The van der Waals surface area contributed by atoms with E-state index in [1.165, 1.54) is 64.2 Å². The first-order valence-electron chi connectivity index (χ1n) is 9.02. The van der Waals surface area contributed by atoms with Gasteiger partial charge in [-0.2, -0.15) is 0 Å². The fourth-order valence-corrected chi connectivity index (χ4v) is 7.11. The number of hydrogen-bond acceptors (Lipinski definition) is 1. The Kier molecular flexibility index (Phi) is 2.89. The number of carbonyl (C=O) groups is 1. The van der Waals surface area contributed by atoms with Crippen LogP contribution >= 0.6 is 0 Å². The summed E-state index contributed by atoms with van der Waals surface area (Å²) >= 11 is 0. The second kappa shape index (κ2) is 4.34. The number of carbonyl (C=O) groups excluding carboxylic acids is 1. The molecule has 4 unspecified atom stereocenters. The first kappa shape index (κ1) is 13.3. The average molecular weight is 274 g/mol. The van der Waals surface area contributed by atoms with Crippen molar-refractivity contribution in [2.45, 2.75) is 78.1 Å². The lowest BCUT2D eigenvalue weighted by molar-refractivity contribution is -0.158. The molecule has 5 aliphatic rings. The van der Waals surface area contributed by atoms with Crippen LogP contribution in [0.2, 0.25) is 0 Å². The summed E-state index contributed by atoms with van der Waals surface area (Å²) in [6.45, 7) is 4.83. The van der Waals surface area contributed by atoms with Crippen molar-refractivity contribution in [3.8, 4) is 0 Å². The Morgan fingerprint density at radius 1 is 1.00 bits per heavy atom. The summed E-state index contributed by atoms with van der Waals surface area (Å²) in [6, 6.07) is 0. The number of hydrogen-bond donors (Lipinski definition) is 0. The summed E-state index contributed by atoms with van der Waals surface area (Å²) in [7, 11) is 0. The minimum absolute atomic E-state index is 0.126. The number of rotatable bonds is 2. The van der Waals surface area contributed by atoms with Gasteiger partial charge in [0.1, 0.15) is 5.78 Å². The minimum Gasteiger partial charge on any atom is -0.299 e. The third kappa shape index (κ3) is 1.99. The van der Waals surface area contributed by atoms with Crippen LogP contribution in [0.4, 0.5) is 0 Å². The maximum atomic E-state index is 13.3. The molecule has 5 rings (SSSR count). The van der Waals surface area contributed by atoms with E-state index in [-0.39, 0.29) is 5.41 Å². The van der Waals surface area contributed by atoms with Crippen molar-refractivity contribution < 1.29 is 4.79 Å². The lowest BCUT2D eigenvalue weighted by Crippen LogP contribution is -2.55. The maximum Gasteiger partial charge on any atom is 0.142 e. The van der Waals surface area contributed by atoms with Gasteiger partial charge in [0.05, 0.1) is 0 Å². The summed E-state index contributed by atoms with van der Waals surface area (Å²) in [4.78, 5) is 13.3. The highest BCUT2D eigenvalue weighted by Gasteiger charge is 2.59. The van der Waals surface area contributed by atoms with Gasteiger partial charge >= 0.3 is 0 Å². The van der Waals surface area contributed by atoms with E-state index in [4.69, 9.17) is 0 Å². The number of ketones is 1. The van der Waals surface area contributed by atoms with Gasteiger partial charge in [-0.15, -0.1) is 0 Å². The second-order valence-corrected chi connectivity index (χ2v) is 9.38. The zero-order valence-corrected chi connectivity index (χ0v) is 13.3. The normalized spacial score (nSPS) is 54.1. The summed E-state index contributed by atoms with van der Waals surface area (Å²) in [5.41, 5.74) is 0.639. The summed E-state index contributed by atoms with van der Waals surface area (Å²) in [6.07, 6.45) is 13.0. The zero-order chi connectivity index (χ0) is 14.0. The molecule has 0 amide bonds. The molecule has 112 valence electrons. The van der Waals surface area contributed by atoms with Crippen LogP contribution in [-0.4, -0.2) is 5.78 Å². The van der Waals surface area contributed by atoms with E-state index in [0.717, 1.165) is 17.8 Å². The molecule has 1 nitrogen and oxygen atoms in total. The van der Waals surface area contributed by atoms with Gasteiger partial charge in [0.2, 0.25) is 0 Å². The third-order valence-corrected chi connectivity index (χ3v) is 7.18. The summed E-state index contributed by atoms with van der Waals surface area (Å²) in [5.74, 6) is 3.67. The predicted molar refractivity (Wildman–Crippen MR) is 81.4 cm³/mol. The first-order valence-corrected chi connectivity index (χ1v) is 9.02. The van der Waals surface area contributed by atoms with Crippen molar-refractivity contribution in [3.05, 3.63) is 0 Å². The molecule has 0 aromatic rings. The Hall–Kier alpha value is -0.330. The molecule has 0 spiro atoms. The fourth-order valence-electron chi connectivity index (χ4n) is 7.11. The van der Waals surface area contributed by atoms with Gasteiger partial charge < -0.3 is 0 Å². The van der Waals surface area contributed by atoms with Gasteiger partial charge in [-0.3, -0.25) is 4.79 Å². The fraction of sp³-hybridized carbons (Fsp3) is 0.947. The molecule has 5 aliphatic carbocycles. The maximum absolute atomic E-state index is 13.3. The predicted octanol–water partition coefficient (Wildman–Crippen LogP) is 4.99. The van der Waals surface area contributed by atoms with E-state index in [1.54, 1.807) is 0 Å². The highest BCUT2D eigenvalue weighted by atomic mass is 16.1. The van der Waals surface area contributed by atoms with Gasteiger partial charge in [0.25, 0.3) is 0 Å². The number of Topliss-reactive ketones (excluding diaryl/α,β-unsaturated/α-hetero) is 1. The van der Waals surface area contributed by atoms with E-state index in [9.17, 15) is 4.79 Å². The van der Waals surface area contributed by atoms with Crippen LogP contribution in [0.1, 0.15) is 78.1 Å². The van der Waals surface area contributed by atoms with Crippen LogP contribution in [0.25, 0.3) is 0 Å². The summed E-state index contributed by atoms with van der Waals surface area (Å²) < 4.78 is 0. The standard InChI is InChI=1S/C19H30O/c1-13-4-3-5-16(6-13)17(20)19-10-14-7-15(11-19)9-18(2,8-14)12-19/h13-16H,3-12H2,1-2H3. The Balaban J connectivity index is 1.59. The van der Waals surface area contributed by atoms with Crippen LogP contribution in [-0.2, 0) is 4.79 Å². The molecule has 5 saturated carbocycles. The largest absolute Gasteiger partial charge is 0.299 e. The van der Waals surface area contributed by atoms with Gasteiger partial charge in [-0.05, 0) is 74.5 Å². The van der Waals surface area contributed by atoms with E-state index < -0.39 is 0 Å². The lowest BCUT2D eigenvalue weighted by atomic mass is 9.43. The van der Waals surface area contributed by atoms with E-state index in [2.05, 4.69) is 13.8 Å². The molecule has 0 N–H and O–H groups in total. The molecule has 0 saturated heterocycles. The molecule has 4 bridgehead atoms. The third-order valence-electron chi connectivity index (χ3n) is 7.18. The first-order chi connectivity index (χ1) is 9.48. The van der Waals surface area contributed by atoms with Crippen molar-refractivity contribution in [2.24, 2.45) is 34.5 Å². The summed E-state index contributed by atoms with van der Waals surface area (Å²) in [5, 5.41) is 0. The highest BCUT2D eigenvalue weighted by Crippen LogP contribution is 2.66. The molecule has 4 atom stereocenters. The molecular formula is C19H30O. The monoisotopic (exact) mass is 274 g/mol. The SMILES string of the molecule is CC1CCCC(C(=O)C23CC4CC(CC(C)(C4)C2)C3)C1. The Labute approximate surface area is 123 Å². The van der Waals surface area contributed by atoms with Crippen LogP contribution in [0.15, 0.2) is 0 Å². The smallest absolute Gasteiger partial charge is 0.142 e.